The van der Waals surface area contributed by atoms with Crippen LogP contribution in [0.3, 0.4) is 0 Å². The number of fused-ring (bicyclic) bond motifs is 1. The maximum Gasteiger partial charge on any atom is 0.314 e. The summed E-state index contributed by atoms with van der Waals surface area (Å²) < 4.78 is 0. The van der Waals surface area contributed by atoms with Crippen LogP contribution in [0.5, 0.6) is 0 Å². The Hall–Kier alpha value is -2.13. The minimum absolute atomic E-state index is 0.512. The van der Waals surface area contributed by atoms with Gasteiger partial charge in [-0.05, 0) is 34.7 Å². The molecule has 0 saturated carbocycles. The lowest BCUT2D eigenvalue weighted by Gasteiger charge is -2.25. The second kappa shape index (κ2) is 5.34. The number of benzene rings is 2. The number of rotatable bonds is 4. The number of aliphatic carboxylic acids is 1. The number of hydrogen-bond acceptors (Lipinski definition) is 2. The first kappa shape index (κ1) is 13.8. The van der Waals surface area contributed by atoms with Gasteiger partial charge in [-0.2, -0.15) is 0 Å². The van der Waals surface area contributed by atoms with E-state index in [1.165, 1.54) is 0 Å². The van der Waals surface area contributed by atoms with Gasteiger partial charge < -0.3 is 5.11 Å². The Kier molecular flexibility index (Phi) is 3.52. The zero-order chi connectivity index (χ0) is 14.9. The second-order valence-electron chi connectivity index (χ2n) is 5.46. The molecule has 1 atom stereocenters. The van der Waals surface area contributed by atoms with Crippen molar-refractivity contribution in [2.24, 2.45) is 0 Å². The summed E-state index contributed by atoms with van der Waals surface area (Å²) in [4.78, 5) is 13.0. The van der Waals surface area contributed by atoms with Gasteiger partial charge in [-0.3, -0.25) is 4.79 Å². The Labute approximate surface area is 127 Å². The van der Waals surface area contributed by atoms with E-state index in [0.29, 0.717) is 6.42 Å². The van der Waals surface area contributed by atoms with Crippen LogP contribution < -0.4 is 0 Å². The molecule has 1 heterocycles. The maximum absolute atomic E-state index is 11.9. The molecule has 0 fully saturated rings. The van der Waals surface area contributed by atoms with E-state index in [0.717, 1.165) is 21.2 Å². The van der Waals surface area contributed by atoms with Crippen LogP contribution in [0.2, 0.25) is 0 Å². The van der Waals surface area contributed by atoms with E-state index in [4.69, 9.17) is 0 Å². The third kappa shape index (κ3) is 2.57. The number of thiophene rings is 1. The third-order valence-corrected chi connectivity index (χ3v) is 4.84. The molecule has 1 unspecified atom stereocenters. The quantitative estimate of drug-likeness (QED) is 0.770. The molecule has 3 aromatic rings. The van der Waals surface area contributed by atoms with Crippen LogP contribution in [0.25, 0.3) is 10.8 Å². The van der Waals surface area contributed by atoms with Crippen molar-refractivity contribution in [1.82, 2.24) is 0 Å². The molecule has 0 saturated heterocycles. The Morgan fingerprint density at radius 3 is 2.52 bits per heavy atom. The minimum Gasteiger partial charge on any atom is -0.481 e. The van der Waals surface area contributed by atoms with E-state index in [2.05, 4.69) is 0 Å². The Balaban J connectivity index is 2.08. The second-order valence-corrected chi connectivity index (χ2v) is 6.49. The standard InChI is InChI=1S/C18H16O2S/c1-18(17(19)20,12-16-7-4-10-21-16)15-9-8-13-5-2-3-6-14(13)11-15/h2-11H,12H2,1H3,(H,19,20). The SMILES string of the molecule is CC(Cc1cccs1)(C(=O)O)c1ccc2ccccc2c1. The van der Waals surface area contributed by atoms with Crippen LogP contribution in [-0.4, -0.2) is 11.1 Å². The van der Waals surface area contributed by atoms with Crippen molar-refractivity contribution < 1.29 is 9.90 Å². The summed E-state index contributed by atoms with van der Waals surface area (Å²) in [5.74, 6) is -0.786. The van der Waals surface area contributed by atoms with Crippen molar-refractivity contribution in [1.29, 1.82) is 0 Å². The molecule has 0 bridgehead atoms. The monoisotopic (exact) mass is 296 g/mol. The van der Waals surface area contributed by atoms with Crippen molar-refractivity contribution in [2.75, 3.05) is 0 Å². The van der Waals surface area contributed by atoms with Gasteiger partial charge >= 0.3 is 5.97 Å². The van der Waals surface area contributed by atoms with Crippen molar-refractivity contribution >= 4 is 28.1 Å². The molecule has 1 N–H and O–H groups in total. The van der Waals surface area contributed by atoms with E-state index >= 15 is 0 Å². The molecule has 21 heavy (non-hydrogen) atoms. The minimum atomic E-state index is -0.908. The first-order chi connectivity index (χ1) is 10.1. The topological polar surface area (TPSA) is 37.3 Å². The van der Waals surface area contributed by atoms with Crippen LogP contribution in [-0.2, 0) is 16.6 Å². The Bertz CT molecular complexity index is 777. The molecule has 0 amide bonds. The zero-order valence-corrected chi connectivity index (χ0v) is 12.6. The Morgan fingerprint density at radius 1 is 1.10 bits per heavy atom. The van der Waals surface area contributed by atoms with Crippen molar-refractivity contribution in [3.8, 4) is 0 Å². The summed E-state index contributed by atoms with van der Waals surface area (Å²) in [5, 5.41) is 14.0. The lowest BCUT2D eigenvalue weighted by Crippen LogP contribution is -2.34. The normalized spacial score (nSPS) is 14.0. The first-order valence-corrected chi connectivity index (χ1v) is 7.73. The summed E-state index contributed by atoms with van der Waals surface area (Å²) in [6.07, 6.45) is 0.512. The van der Waals surface area contributed by atoms with E-state index < -0.39 is 11.4 Å². The maximum atomic E-state index is 11.9. The smallest absolute Gasteiger partial charge is 0.314 e. The number of carboxylic acids is 1. The average molecular weight is 296 g/mol. The predicted octanol–water partition coefficient (Wildman–Crippen LogP) is 4.49. The molecule has 0 spiro atoms. The highest BCUT2D eigenvalue weighted by Crippen LogP contribution is 2.32. The third-order valence-electron chi connectivity index (χ3n) is 3.97. The molecule has 2 nitrogen and oxygen atoms in total. The van der Waals surface area contributed by atoms with Crippen LogP contribution in [0.4, 0.5) is 0 Å². The van der Waals surface area contributed by atoms with Gasteiger partial charge in [0, 0.05) is 11.3 Å². The van der Waals surface area contributed by atoms with Crippen LogP contribution >= 0.6 is 11.3 Å². The lowest BCUT2D eigenvalue weighted by atomic mass is 9.78. The molecular weight excluding hydrogens is 280 g/mol. The number of hydrogen-bond donors (Lipinski definition) is 1. The molecule has 0 aliphatic carbocycles. The molecule has 2 aromatic carbocycles. The van der Waals surface area contributed by atoms with Crippen molar-refractivity contribution in [3.63, 3.8) is 0 Å². The highest BCUT2D eigenvalue weighted by Gasteiger charge is 2.35. The van der Waals surface area contributed by atoms with Gasteiger partial charge in [-0.25, -0.2) is 0 Å². The largest absolute Gasteiger partial charge is 0.481 e. The van der Waals surface area contributed by atoms with Gasteiger partial charge in [0.2, 0.25) is 0 Å². The number of carboxylic acid groups (broad SMARTS) is 1. The van der Waals surface area contributed by atoms with Gasteiger partial charge in [-0.1, -0.05) is 48.5 Å². The molecule has 3 heteroatoms. The molecule has 0 radical (unpaired) electrons. The van der Waals surface area contributed by atoms with E-state index in [1.54, 1.807) is 18.3 Å². The summed E-state index contributed by atoms with van der Waals surface area (Å²) in [7, 11) is 0. The molecule has 106 valence electrons. The van der Waals surface area contributed by atoms with E-state index in [1.807, 2.05) is 60.0 Å². The van der Waals surface area contributed by atoms with Gasteiger partial charge in [0.15, 0.2) is 0 Å². The number of carbonyl (C=O) groups is 1. The van der Waals surface area contributed by atoms with Crippen molar-refractivity contribution in [3.05, 3.63) is 70.4 Å². The molecule has 0 aliphatic heterocycles. The molecule has 0 aliphatic rings. The van der Waals surface area contributed by atoms with Gasteiger partial charge in [-0.15, -0.1) is 11.3 Å². The van der Waals surface area contributed by atoms with Gasteiger partial charge in [0.1, 0.15) is 0 Å². The van der Waals surface area contributed by atoms with Crippen LogP contribution in [0.15, 0.2) is 60.0 Å². The van der Waals surface area contributed by atoms with E-state index in [-0.39, 0.29) is 0 Å². The van der Waals surface area contributed by atoms with Crippen LogP contribution in [0, 0.1) is 0 Å². The highest BCUT2D eigenvalue weighted by atomic mass is 32.1. The molecule has 3 rings (SSSR count). The fraction of sp³-hybridized carbons (Fsp3) is 0.167. The summed E-state index contributed by atoms with van der Waals surface area (Å²) in [5.41, 5.74) is -0.0587. The zero-order valence-electron chi connectivity index (χ0n) is 11.7. The van der Waals surface area contributed by atoms with E-state index in [9.17, 15) is 9.90 Å². The fourth-order valence-corrected chi connectivity index (χ4v) is 3.46. The summed E-state index contributed by atoms with van der Waals surface area (Å²) >= 11 is 1.60. The summed E-state index contributed by atoms with van der Waals surface area (Å²) in [6.45, 7) is 1.80. The predicted molar refractivity (Wildman–Crippen MR) is 87.0 cm³/mol. The molecule has 1 aromatic heterocycles. The Morgan fingerprint density at radius 2 is 1.86 bits per heavy atom. The first-order valence-electron chi connectivity index (χ1n) is 6.85. The van der Waals surface area contributed by atoms with Gasteiger partial charge in [0.25, 0.3) is 0 Å². The van der Waals surface area contributed by atoms with Gasteiger partial charge in [0.05, 0.1) is 5.41 Å². The highest BCUT2D eigenvalue weighted by molar-refractivity contribution is 7.09. The van der Waals surface area contributed by atoms with Crippen molar-refractivity contribution in [2.45, 2.75) is 18.8 Å². The average Bonchev–Trinajstić information content (AvgIpc) is 2.99. The molecular formula is C18H16O2S. The lowest BCUT2D eigenvalue weighted by molar-refractivity contribution is -0.143. The fourth-order valence-electron chi connectivity index (χ4n) is 2.60. The van der Waals surface area contributed by atoms with Crippen LogP contribution in [0.1, 0.15) is 17.4 Å². The summed E-state index contributed by atoms with van der Waals surface area (Å²) in [6, 6.07) is 17.9.